The van der Waals surface area contributed by atoms with E-state index >= 15 is 0 Å². The Morgan fingerprint density at radius 1 is 1.56 bits per heavy atom. The molecule has 1 N–H and O–H groups in total. The molecule has 0 radical (unpaired) electrons. The predicted molar refractivity (Wildman–Crippen MR) is 63.1 cm³/mol. The van der Waals surface area contributed by atoms with Crippen molar-refractivity contribution >= 4 is 0 Å². The average molecular weight is 223 g/mol. The molecular formula is C11H21N5. The molecule has 0 aromatic carbocycles. The molecule has 0 saturated carbocycles. The van der Waals surface area contributed by atoms with Gasteiger partial charge in [-0.05, 0) is 20.8 Å². The monoisotopic (exact) mass is 223 g/mol. The number of aromatic nitrogens is 3. The summed E-state index contributed by atoms with van der Waals surface area (Å²) in [7, 11) is 0. The number of nitrogens with one attached hydrogen (secondary N) is 1. The second-order valence-electron chi connectivity index (χ2n) is 4.74. The van der Waals surface area contributed by atoms with E-state index in [2.05, 4.69) is 41.1 Å². The summed E-state index contributed by atoms with van der Waals surface area (Å²) in [5.74, 6) is 1.07. The van der Waals surface area contributed by atoms with E-state index in [1.165, 1.54) is 0 Å². The maximum Gasteiger partial charge on any atom is 0.141 e. The van der Waals surface area contributed by atoms with E-state index in [1.54, 1.807) is 6.33 Å². The Labute approximate surface area is 96.8 Å². The quantitative estimate of drug-likeness (QED) is 0.817. The van der Waals surface area contributed by atoms with Gasteiger partial charge in [0.05, 0.1) is 6.54 Å². The van der Waals surface area contributed by atoms with Crippen molar-refractivity contribution in [1.82, 2.24) is 25.0 Å². The Morgan fingerprint density at radius 2 is 2.38 bits per heavy atom. The number of piperazine rings is 1. The maximum atomic E-state index is 4.36. The molecular weight excluding hydrogens is 202 g/mol. The number of nitrogens with zero attached hydrogens (tertiary/aromatic N) is 4. The van der Waals surface area contributed by atoms with Crippen LogP contribution in [0.2, 0.25) is 0 Å². The van der Waals surface area contributed by atoms with Crippen LogP contribution in [0.15, 0.2) is 6.33 Å². The van der Waals surface area contributed by atoms with E-state index in [0.717, 1.165) is 32.0 Å². The highest BCUT2D eigenvalue weighted by Crippen LogP contribution is 2.11. The fourth-order valence-corrected chi connectivity index (χ4v) is 2.12. The molecule has 5 heteroatoms. The van der Waals surface area contributed by atoms with Crippen LogP contribution in [0, 0.1) is 0 Å². The third kappa shape index (κ3) is 2.41. The lowest BCUT2D eigenvalue weighted by atomic mass is 10.2. The van der Waals surface area contributed by atoms with Gasteiger partial charge in [-0.2, -0.15) is 5.10 Å². The van der Waals surface area contributed by atoms with Gasteiger partial charge in [0.25, 0.3) is 0 Å². The minimum Gasteiger partial charge on any atom is -0.314 e. The summed E-state index contributed by atoms with van der Waals surface area (Å²) in [6.07, 6.45) is 1.65. The van der Waals surface area contributed by atoms with Crippen molar-refractivity contribution in [1.29, 1.82) is 0 Å². The maximum absolute atomic E-state index is 4.36. The summed E-state index contributed by atoms with van der Waals surface area (Å²) in [6, 6.07) is 0.960. The summed E-state index contributed by atoms with van der Waals surface area (Å²) < 4.78 is 2.01. The highest BCUT2D eigenvalue weighted by Gasteiger charge is 2.20. The van der Waals surface area contributed by atoms with Crippen LogP contribution in [0.3, 0.4) is 0 Å². The number of hydrogen-bond donors (Lipinski definition) is 1. The molecule has 2 heterocycles. The number of hydrogen-bond acceptors (Lipinski definition) is 4. The van der Waals surface area contributed by atoms with E-state index in [9.17, 15) is 0 Å². The zero-order chi connectivity index (χ0) is 11.5. The molecule has 0 unspecified atom stereocenters. The molecule has 0 aliphatic carbocycles. The molecule has 0 bridgehead atoms. The van der Waals surface area contributed by atoms with Crippen molar-refractivity contribution in [3.63, 3.8) is 0 Å². The summed E-state index contributed by atoms with van der Waals surface area (Å²) in [5, 5.41) is 7.67. The van der Waals surface area contributed by atoms with Crippen LogP contribution in [-0.2, 0) is 6.54 Å². The summed E-state index contributed by atoms with van der Waals surface area (Å²) in [4.78, 5) is 6.81. The molecule has 16 heavy (non-hydrogen) atoms. The highest BCUT2D eigenvalue weighted by molar-refractivity contribution is 4.89. The largest absolute Gasteiger partial charge is 0.314 e. The summed E-state index contributed by atoms with van der Waals surface area (Å²) >= 11 is 0. The molecule has 1 fully saturated rings. The minimum atomic E-state index is 0.385. The Morgan fingerprint density at radius 3 is 3.06 bits per heavy atom. The minimum absolute atomic E-state index is 0.385. The lowest BCUT2D eigenvalue weighted by Gasteiger charge is -2.33. The lowest BCUT2D eigenvalue weighted by Crippen LogP contribution is -2.49. The molecule has 0 spiro atoms. The van der Waals surface area contributed by atoms with Gasteiger partial charge in [-0.15, -0.1) is 0 Å². The van der Waals surface area contributed by atoms with Gasteiger partial charge >= 0.3 is 0 Å². The van der Waals surface area contributed by atoms with Crippen molar-refractivity contribution in [3.05, 3.63) is 12.2 Å². The van der Waals surface area contributed by atoms with E-state index < -0.39 is 0 Å². The molecule has 90 valence electrons. The predicted octanol–water partition coefficient (Wildman–Crippen LogP) is 0.653. The van der Waals surface area contributed by atoms with Gasteiger partial charge in [-0.3, -0.25) is 4.90 Å². The van der Waals surface area contributed by atoms with Crippen LogP contribution in [0.1, 0.15) is 32.6 Å². The normalized spacial score (nSPS) is 22.9. The molecule has 5 nitrogen and oxygen atoms in total. The second kappa shape index (κ2) is 4.93. The molecule has 2 rings (SSSR count). The average Bonchev–Trinajstić information content (AvgIpc) is 2.69. The third-order valence-electron chi connectivity index (χ3n) is 3.12. The van der Waals surface area contributed by atoms with Crippen molar-refractivity contribution in [3.8, 4) is 0 Å². The molecule has 1 saturated heterocycles. The third-order valence-corrected chi connectivity index (χ3v) is 3.12. The van der Waals surface area contributed by atoms with Crippen molar-refractivity contribution in [2.45, 2.75) is 39.4 Å². The molecule has 1 atom stereocenters. The SMILES string of the molecule is CC(C)n1ncnc1CN1CCNC[C@H]1C. The Balaban J connectivity index is 2.04. The molecule has 1 aliphatic heterocycles. The van der Waals surface area contributed by atoms with Crippen molar-refractivity contribution < 1.29 is 0 Å². The van der Waals surface area contributed by atoms with Crippen LogP contribution in [0.5, 0.6) is 0 Å². The van der Waals surface area contributed by atoms with Gasteiger partial charge in [-0.25, -0.2) is 9.67 Å². The van der Waals surface area contributed by atoms with Crippen molar-refractivity contribution in [2.24, 2.45) is 0 Å². The highest BCUT2D eigenvalue weighted by atomic mass is 15.4. The lowest BCUT2D eigenvalue weighted by molar-refractivity contribution is 0.158. The second-order valence-corrected chi connectivity index (χ2v) is 4.74. The van der Waals surface area contributed by atoms with E-state index in [4.69, 9.17) is 0 Å². The first-order chi connectivity index (χ1) is 7.68. The first-order valence-electron chi connectivity index (χ1n) is 6.01. The van der Waals surface area contributed by atoms with E-state index in [-0.39, 0.29) is 0 Å². The topological polar surface area (TPSA) is 46.0 Å². The van der Waals surface area contributed by atoms with Gasteiger partial charge in [0.2, 0.25) is 0 Å². The van der Waals surface area contributed by atoms with Gasteiger partial charge in [0, 0.05) is 31.7 Å². The summed E-state index contributed by atoms with van der Waals surface area (Å²) in [5.41, 5.74) is 0. The Kier molecular flexibility index (Phi) is 3.56. The molecule has 1 aliphatic rings. The van der Waals surface area contributed by atoms with Gasteiger partial charge < -0.3 is 5.32 Å². The van der Waals surface area contributed by atoms with Crippen LogP contribution >= 0.6 is 0 Å². The van der Waals surface area contributed by atoms with Crippen LogP contribution < -0.4 is 5.32 Å². The van der Waals surface area contributed by atoms with Gasteiger partial charge in [0.1, 0.15) is 12.2 Å². The smallest absolute Gasteiger partial charge is 0.141 e. The van der Waals surface area contributed by atoms with E-state index in [0.29, 0.717) is 12.1 Å². The molecule has 0 amide bonds. The standard InChI is InChI=1S/C11H21N5/c1-9(2)16-11(13-8-14-16)7-15-5-4-12-6-10(15)3/h8-10,12H,4-7H2,1-3H3/t10-/m1/s1. The fraction of sp³-hybridized carbons (Fsp3) is 0.818. The van der Waals surface area contributed by atoms with Crippen LogP contribution in [0.25, 0.3) is 0 Å². The van der Waals surface area contributed by atoms with Gasteiger partial charge in [0.15, 0.2) is 0 Å². The zero-order valence-electron chi connectivity index (χ0n) is 10.3. The Bertz CT molecular complexity index is 333. The van der Waals surface area contributed by atoms with Gasteiger partial charge in [-0.1, -0.05) is 0 Å². The summed E-state index contributed by atoms with van der Waals surface area (Å²) in [6.45, 7) is 10.7. The molecule has 1 aromatic rings. The number of rotatable bonds is 3. The van der Waals surface area contributed by atoms with Crippen molar-refractivity contribution in [2.75, 3.05) is 19.6 Å². The zero-order valence-corrected chi connectivity index (χ0v) is 10.3. The first kappa shape index (κ1) is 11.5. The molecule has 1 aromatic heterocycles. The fourth-order valence-electron chi connectivity index (χ4n) is 2.12. The Hall–Kier alpha value is -0.940. The van der Waals surface area contributed by atoms with E-state index in [1.807, 2.05) is 4.68 Å². The van der Waals surface area contributed by atoms with Crippen LogP contribution in [-0.4, -0.2) is 45.3 Å². The van der Waals surface area contributed by atoms with Crippen LogP contribution in [0.4, 0.5) is 0 Å². The first-order valence-corrected chi connectivity index (χ1v) is 6.01.